The van der Waals surface area contributed by atoms with E-state index in [-0.39, 0.29) is 27.9 Å². The third-order valence-corrected chi connectivity index (χ3v) is 2.90. The van der Waals surface area contributed by atoms with Crippen LogP contribution in [0.5, 0.6) is 11.6 Å². The highest BCUT2D eigenvalue weighted by Gasteiger charge is 2.08. The Morgan fingerprint density at radius 3 is 2.45 bits per heavy atom. The molecule has 0 aliphatic heterocycles. The van der Waals surface area contributed by atoms with E-state index in [1.807, 2.05) is 38.1 Å². The van der Waals surface area contributed by atoms with Gasteiger partial charge in [-0.3, -0.25) is 9.78 Å². The second-order valence-electron chi connectivity index (χ2n) is 4.72. The molecule has 0 aliphatic rings. The van der Waals surface area contributed by atoms with Crippen molar-refractivity contribution in [3.8, 4) is 11.6 Å². The van der Waals surface area contributed by atoms with Crippen LogP contribution >= 0.6 is 12.2 Å². The van der Waals surface area contributed by atoms with Crippen LogP contribution in [-0.2, 0) is 6.42 Å². The Morgan fingerprint density at radius 2 is 1.90 bits per heavy atom. The molecule has 0 radical (unpaired) electrons. The molecule has 5 nitrogen and oxygen atoms in total. The zero-order chi connectivity index (χ0) is 14.7. The number of aromatic nitrogens is 2. The Hall–Kier alpha value is -2.08. The molecule has 1 aromatic carbocycles. The van der Waals surface area contributed by atoms with Gasteiger partial charge in [0.2, 0.25) is 0 Å². The number of hydrogen-bond donors (Lipinski definition) is 3. The van der Waals surface area contributed by atoms with Crippen molar-refractivity contribution in [2.45, 2.75) is 26.4 Å². The van der Waals surface area contributed by atoms with Crippen molar-refractivity contribution in [2.24, 2.45) is 0 Å². The van der Waals surface area contributed by atoms with Crippen LogP contribution in [0.2, 0.25) is 0 Å². The summed E-state index contributed by atoms with van der Waals surface area (Å²) in [7, 11) is 0. The zero-order valence-electron chi connectivity index (χ0n) is 11.3. The molecular weight excluding hydrogens is 276 g/mol. The van der Waals surface area contributed by atoms with Gasteiger partial charge in [0.15, 0.2) is 10.7 Å². The van der Waals surface area contributed by atoms with E-state index >= 15 is 0 Å². The number of hydrogen-bond acceptors (Lipinski definition) is 4. The number of rotatable bonds is 4. The second-order valence-corrected chi connectivity index (χ2v) is 5.13. The SMILES string of the molecule is CC(C)Oc1ccc(Cc2c(O)[nH]c(=S)[nH]c2=O)cc1. The first-order valence-electron chi connectivity index (χ1n) is 6.25. The highest BCUT2D eigenvalue weighted by Crippen LogP contribution is 2.17. The molecule has 0 spiro atoms. The van der Waals surface area contributed by atoms with Gasteiger partial charge in [-0.2, -0.15) is 0 Å². The van der Waals surface area contributed by atoms with Crippen LogP contribution in [0.3, 0.4) is 0 Å². The van der Waals surface area contributed by atoms with Crippen LogP contribution in [0.4, 0.5) is 0 Å². The highest BCUT2D eigenvalue weighted by atomic mass is 32.1. The summed E-state index contributed by atoms with van der Waals surface area (Å²) in [5, 5.41) is 9.74. The van der Waals surface area contributed by atoms with Gasteiger partial charge in [-0.05, 0) is 43.8 Å². The van der Waals surface area contributed by atoms with Crippen molar-refractivity contribution < 1.29 is 9.84 Å². The van der Waals surface area contributed by atoms with Gasteiger partial charge in [0.1, 0.15) is 5.75 Å². The first kappa shape index (κ1) is 14.3. The number of ether oxygens (including phenoxy) is 1. The number of benzene rings is 1. The summed E-state index contributed by atoms with van der Waals surface area (Å²) >= 11 is 4.78. The topological polar surface area (TPSA) is 78.1 Å². The van der Waals surface area contributed by atoms with E-state index in [9.17, 15) is 9.90 Å². The number of H-pyrrole nitrogens is 2. The quantitative estimate of drug-likeness (QED) is 0.757. The summed E-state index contributed by atoms with van der Waals surface area (Å²) in [6.45, 7) is 3.91. The lowest BCUT2D eigenvalue weighted by Gasteiger charge is -2.10. The first-order chi connectivity index (χ1) is 9.45. The van der Waals surface area contributed by atoms with Crippen LogP contribution in [0.15, 0.2) is 29.1 Å². The minimum absolute atomic E-state index is 0.108. The number of aromatic amines is 2. The van der Waals surface area contributed by atoms with E-state index in [4.69, 9.17) is 17.0 Å². The molecule has 0 atom stereocenters. The molecule has 0 unspecified atom stereocenters. The molecule has 0 saturated carbocycles. The van der Waals surface area contributed by atoms with E-state index in [0.29, 0.717) is 6.42 Å². The molecule has 1 aromatic heterocycles. The first-order valence-corrected chi connectivity index (χ1v) is 6.66. The van der Waals surface area contributed by atoms with E-state index in [2.05, 4.69) is 9.97 Å². The van der Waals surface area contributed by atoms with Crippen molar-refractivity contribution in [1.82, 2.24) is 9.97 Å². The average Bonchev–Trinajstić information content (AvgIpc) is 2.35. The molecule has 2 rings (SSSR count). The molecule has 20 heavy (non-hydrogen) atoms. The summed E-state index contributed by atoms with van der Waals surface area (Å²) in [6.07, 6.45) is 0.428. The maximum atomic E-state index is 11.8. The third kappa shape index (κ3) is 3.48. The Labute approximate surface area is 121 Å². The van der Waals surface area contributed by atoms with E-state index < -0.39 is 0 Å². The molecule has 3 N–H and O–H groups in total. The van der Waals surface area contributed by atoms with E-state index in [1.165, 1.54) is 0 Å². The fraction of sp³-hybridized carbons (Fsp3) is 0.286. The summed E-state index contributed by atoms with van der Waals surface area (Å²) in [5.74, 6) is 0.579. The molecule has 1 heterocycles. The van der Waals surface area contributed by atoms with Crippen molar-refractivity contribution in [1.29, 1.82) is 0 Å². The fourth-order valence-corrected chi connectivity index (χ4v) is 2.02. The molecule has 6 heteroatoms. The Kier molecular flexibility index (Phi) is 4.24. The summed E-state index contributed by atoms with van der Waals surface area (Å²) in [4.78, 5) is 16.7. The molecule has 0 amide bonds. The van der Waals surface area contributed by atoms with Crippen molar-refractivity contribution in [3.63, 3.8) is 0 Å². The molecule has 0 saturated heterocycles. The van der Waals surface area contributed by atoms with Gasteiger partial charge >= 0.3 is 0 Å². The molecular formula is C14H16N2O3S. The number of aromatic hydroxyl groups is 1. The van der Waals surface area contributed by atoms with Crippen molar-refractivity contribution >= 4 is 12.2 Å². The fourth-order valence-electron chi connectivity index (χ4n) is 1.83. The smallest absolute Gasteiger partial charge is 0.259 e. The lowest BCUT2D eigenvalue weighted by Crippen LogP contribution is -2.14. The number of nitrogens with one attached hydrogen (secondary N) is 2. The monoisotopic (exact) mass is 292 g/mol. The maximum absolute atomic E-state index is 11.8. The van der Waals surface area contributed by atoms with Crippen LogP contribution < -0.4 is 10.3 Å². The standard InChI is InChI=1S/C14H16N2O3S/c1-8(2)19-10-5-3-9(4-6-10)7-11-12(17)15-14(20)16-13(11)18/h3-6,8H,7H2,1-2H3,(H3,15,16,17,18,20). The normalized spacial score (nSPS) is 10.8. The van der Waals surface area contributed by atoms with Crippen LogP contribution in [0, 0.1) is 4.77 Å². The largest absolute Gasteiger partial charge is 0.494 e. The molecule has 0 aliphatic carbocycles. The Morgan fingerprint density at radius 1 is 1.25 bits per heavy atom. The second kappa shape index (κ2) is 5.92. The van der Waals surface area contributed by atoms with E-state index in [0.717, 1.165) is 11.3 Å². The lowest BCUT2D eigenvalue weighted by molar-refractivity contribution is 0.242. The maximum Gasteiger partial charge on any atom is 0.259 e. The van der Waals surface area contributed by atoms with Crippen molar-refractivity contribution in [3.05, 3.63) is 50.5 Å². The van der Waals surface area contributed by atoms with E-state index in [1.54, 1.807) is 0 Å². The van der Waals surface area contributed by atoms with Gasteiger partial charge in [0.05, 0.1) is 11.7 Å². The highest BCUT2D eigenvalue weighted by molar-refractivity contribution is 7.71. The molecule has 0 fully saturated rings. The lowest BCUT2D eigenvalue weighted by atomic mass is 10.1. The third-order valence-electron chi connectivity index (χ3n) is 2.69. The summed E-state index contributed by atoms with van der Waals surface area (Å²) in [6, 6.07) is 7.40. The summed E-state index contributed by atoms with van der Waals surface area (Å²) in [5.41, 5.74) is 0.775. The average molecular weight is 292 g/mol. The van der Waals surface area contributed by atoms with Gasteiger partial charge < -0.3 is 14.8 Å². The van der Waals surface area contributed by atoms with Gasteiger partial charge in [-0.1, -0.05) is 12.1 Å². The van der Waals surface area contributed by atoms with Gasteiger partial charge in [0.25, 0.3) is 5.56 Å². The Balaban J connectivity index is 2.23. The van der Waals surface area contributed by atoms with Crippen LogP contribution in [0.1, 0.15) is 25.0 Å². The van der Waals surface area contributed by atoms with Crippen molar-refractivity contribution in [2.75, 3.05) is 0 Å². The van der Waals surface area contributed by atoms with Crippen LogP contribution in [-0.4, -0.2) is 21.2 Å². The predicted octanol–water partition coefficient (Wildman–Crippen LogP) is 2.52. The Bertz CT molecular complexity index is 702. The zero-order valence-corrected chi connectivity index (χ0v) is 12.1. The minimum Gasteiger partial charge on any atom is -0.494 e. The molecule has 106 valence electrons. The summed E-state index contributed by atoms with van der Waals surface area (Å²) < 4.78 is 5.65. The minimum atomic E-state index is -0.381. The van der Waals surface area contributed by atoms with Gasteiger partial charge in [-0.15, -0.1) is 0 Å². The predicted molar refractivity (Wildman–Crippen MR) is 78.9 cm³/mol. The molecule has 0 bridgehead atoms. The molecule has 2 aromatic rings. The van der Waals surface area contributed by atoms with Gasteiger partial charge in [0, 0.05) is 6.42 Å². The van der Waals surface area contributed by atoms with Crippen LogP contribution in [0.25, 0.3) is 0 Å². The van der Waals surface area contributed by atoms with Gasteiger partial charge in [-0.25, -0.2) is 0 Å².